The highest BCUT2D eigenvalue weighted by Gasteiger charge is 2.65. The second-order valence-corrected chi connectivity index (χ2v) is 9.64. The Hall–Kier alpha value is -0.870. The van der Waals surface area contributed by atoms with E-state index in [1.54, 1.807) is 6.07 Å². The zero-order valence-corrected chi connectivity index (χ0v) is 16.7. The topological polar surface area (TPSA) is 23.6 Å². The van der Waals surface area contributed by atoms with Crippen molar-refractivity contribution in [3.8, 4) is 0 Å². The van der Waals surface area contributed by atoms with Crippen LogP contribution in [0.25, 0.3) is 10.1 Å². The van der Waals surface area contributed by atoms with Crippen LogP contribution >= 0.6 is 34.2 Å². The maximum absolute atomic E-state index is 13.1. The first-order valence-electron chi connectivity index (χ1n) is 8.65. The van der Waals surface area contributed by atoms with Gasteiger partial charge in [0.2, 0.25) is 0 Å². The summed E-state index contributed by atoms with van der Waals surface area (Å²) in [5.41, 5.74) is -0.505. The minimum absolute atomic E-state index is 0.0783. The lowest BCUT2D eigenvalue weighted by atomic mass is 9.92. The van der Waals surface area contributed by atoms with Crippen LogP contribution in [-0.2, 0) is 6.18 Å². The number of piperidine rings is 1. The number of alkyl halides is 3. The van der Waals surface area contributed by atoms with Gasteiger partial charge in [-0.15, -0.1) is 11.3 Å². The van der Waals surface area contributed by atoms with Crippen LogP contribution in [-0.4, -0.2) is 38.6 Å². The Balaban J connectivity index is 1.45. The van der Waals surface area contributed by atoms with Crippen molar-refractivity contribution in [3.05, 3.63) is 34.7 Å². The molecule has 1 aromatic heterocycles. The molecule has 2 bridgehead atoms. The first kappa shape index (κ1) is 17.2. The number of carbonyl (C=O) groups excluding carboxylic acids is 1. The minimum atomic E-state index is -4.37. The van der Waals surface area contributed by atoms with Crippen molar-refractivity contribution in [1.82, 2.24) is 8.01 Å². The monoisotopic (exact) mass is 492 g/mol. The van der Waals surface area contributed by atoms with Crippen LogP contribution in [0.5, 0.6) is 0 Å². The van der Waals surface area contributed by atoms with Crippen molar-refractivity contribution >= 4 is 50.2 Å². The predicted molar refractivity (Wildman–Crippen MR) is 102 cm³/mol. The zero-order valence-electron chi connectivity index (χ0n) is 13.7. The van der Waals surface area contributed by atoms with Gasteiger partial charge in [-0.2, -0.15) is 13.2 Å². The predicted octanol–water partition coefficient (Wildman–Crippen LogP) is 4.95. The fourth-order valence-electron chi connectivity index (χ4n) is 4.76. The standard InChI is InChI=1S/C18H16F3IN2OS/c19-18(20,21)12-2-1-10-7-14(26-13(10)8-12)16(25)24(22)15-11-3-6-23(9-11)17(15)4-5-17/h1-2,7-8,11,15H,3-6,9H2. The Morgan fingerprint density at radius 3 is 2.77 bits per heavy atom. The van der Waals surface area contributed by atoms with Crippen LogP contribution in [0.4, 0.5) is 13.2 Å². The van der Waals surface area contributed by atoms with Crippen LogP contribution in [0.1, 0.15) is 34.5 Å². The molecule has 5 rings (SSSR count). The van der Waals surface area contributed by atoms with Gasteiger partial charge in [0.1, 0.15) is 0 Å². The quantitative estimate of drug-likeness (QED) is 0.438. The molecule has 3 unspecified atom stereocenters. The lowest BCUT2D eigenvalue weighted by Crippen LogP contribution is -2.50. The van der Waals surface area contributed by atoms with E-state index in [2.05, 4.69) is 27.8 Å². The van der Waals surface area contributed by atoms with E-state index in [4.69, 9.17) is 0 Å². The van der Waals surface area contributed by atoms with Gasteiger partial charge >= 0.3 is 6.18 Å². The zero-order chi connectivity index (χ0) is 18.3. The third kappa shape index (κ3) is 2.44. The van der Waals surface area contributed by atoms with Crippen LogP contribution in [0, 0.1) is 5.92 Å². The van der Waals surface area contributed by atoms with Gasteiger partial charge in [0.05, 0.1) is 39.3 Å². The van der Waals surface area contributed by atoms with E-state index in [1.807, 2.05) is 3.11 Å². The number of fused-ring (bicyclic) bond motifs is 4. The third-order valence-electron chi connectivity index (χ3n) is 6.11. The van der Waals surface area contributed by atoms with Crippen molar-refractivity contribution in [1.29, 1.82) is 0 Å². The van der Waals surface area contributed by atoms with Crippen molar-refractivity contribution < 1.29 is 18.0 Å². The van der Waals surface area contributed by atoms with Crippen molar-refractivity contribution in [2.45, 2.75) is 37.0 Å². The molecule has 3 aliphatic rings. The van der Waals surface area contributed by atoms with Gasteiger partial charge in [0.25, 0.3) is 5.91 Å². The maximum Gasteiger partial charge on any atom is 0.416 e. The Bertz CT molecular complexity index is 907. The molecule has 0 N–H and O–H groups in total. The van der Waals surface area contributed by atoms with Gasteiger partial charge < -0.3 is 0 Å². The summed E-state index contributed by atoms with van der Waals surface area (Å²) in [4.78, 5) is 16.1. The maximum atomic E-state index is 13.1. The Morgan fingerprint density at radius 1 is 1.31 bits per heavy atom. The van der Waals surface area contributed by atoms with Gasteiger partial charge in [-0.3, -0.25) is 12.8 Å². The number of hydrogen-bond donors (Lipinski definition) is 0. The molecule has 1 saturated carbocycles. The van der Waals surface area contributed by atoms with E-state index in [9.17, 15) is 18.0 Å². The van der Waals surface area contributed by atoms with Crippen LogP contribution in [0.15, 0.2) is 24.3 Å². The van der Waals surface area contributed by atoms with Gasteiger partial charge in [-0.1, -0.05) is 6.07 Å². The highest BCUT2D eigenvalue weighted by molar-refractivity contribution is 14.1. The lowest BCUT2D eigenvalue weighted by Gasteiger charge is -2.37. The Labute approximate surface area is 166 Å². The third-order valence-corrected chi connectivity index (χ3v) is 8.23. The molecule has 3 nitrogen and oxygen atoms in total. The molecule has 2 saturated heterocycles. The van der Waals surface area contributed by atoms with E-state index < -0.39 is 11.7 Å². The minimum Gasteiger partial charge on any atom is -0.295 e. The van der Waals surface area contributed by atoms with Gasteiger partial charge in [0, 0.05) is 16.8 Å². The normalized spacial score (nSPS) is 28.8. The largest absolute Gasteiger partial charge is 0.416 e. The van der Waals surface area contributed by atoms with Gasteiger partial charge in [0.15, 0.2) is 0 Å². The lowest BCUT2D eigenvalue weighted by molar-refractivity contribution is -0.137. The molecule has 138 valence electrons. The van der Waals surface area contributed by atoms with Gasteiger partial charge in [-0.25, -0.2) is 0 Å². The van der Waals surface area contributed by atoms with Crippen molar-refractivity contribution in [2.75, 3.05) is 13.1 Å². The average Bonchev–Trinajstić information content (AvgIpc) is 2.99. The summed E-state index contributed by atoms with van der Waals surface area (Å²) in [5, 5.41) is 0.689. The molecule has 1 amide bonds. The smallest absolute Gasteiger partial charge is 0.295 e. The summed E-state index contributed by atoms with van der Waals surface area (Å²) in [6.07, 6.45) is -0.960. The van der Waals surface area contributed by atoms with Crippen LogP contribution in [0.3, 0.4) is 0 Å². The molecular weight excluding hydrogens is 476 g/mol. The number of carbonyl (C=O) groups is 1. The molecule has 2 aromatic rings. The molecular formula is C18H16F3IN2OS. The highest BCUT2D eigenvalue weighted by atomic mass is 127. The summed E-state index contributed by atoms with van der Waals surface area (Å²) < 4.78 is 41.1. The number of hydrogen-bond acceptors (Lipinski definition) is 3. The molecule has 8 heteroatoms. The van der Waals surface area contributed by atoms with Gasteiger partial charge in [-0.05, 0) is 55.3 Å². The molecule has 26 heavy (non-hydrogen) atoms. The number of nitrogens with zero attached hydrogens (tertiary/aromatic N) is 2. The van der Waals surface area contributed by atoms with E-state index >= 15 is 0 Å². The summed E-state index contributed by atoms with van der Waals surface area (Å²) >= 11 is 3.28. The number of benzene rings is 1. The number of amides is 1. The number of halogens is 4. The van der Waals surface area contributed by atoms with E-state index in [0.29, 0.717) is 20.9 Å². The van der Waals surface area contributed by atoms with Crippen LogP contribution < -0.4 is 0 Å². The molecule has 1 spiro atoms. The van der Waals surface area contributed by atoms with E-state index in [-0.39, 0.29) is 17.5 Å². The fraction of sp³-hybridized carbons (Fsp3) is 0.500. The first-order chi connectivity index (χ1) is 12.3. The molecule has 0 radical (unpaired) electrons. The van der Waals surface area contributed by atoms with Crippen molar-refractivity contribution in [3.63, 3.8) is 0 Å². The summed E-state index contributed by atoms with van der Waals surface area (Å²) in [5.74, 6) is 0.440. The second kappa shape index (κ2) is 5.57. The molecule has 1 aromatic carbocycles. The van der Waals surface area contributed by atoms with Crippen LogP contribution in [0.2, 0.25) is 0 Å². The SMILES string of the molecule is O=C(c1cc2ccc(C(F)(F)F)cc2s1)N(I)C1C2CCN(C2)C12CC2. The van der Waals surface area contributed by atoms with E-state index in [0.717, 1.165) is 55.8 Å². The van der Waals surface area contributed by atoms with E-state index in [1.165, 1.54) is 6.07 Å². The number of thiophene rings is 1. The molecule has 1 aliphatic carbocycles. The summed E-state index contributed by atoms with van der Waals surface area (Å²) in [7, 11) is 0. The fourth-order valence-corrected chi connectivity index (χ4v) is 7.19. The highest BCUT2D eigenvalue weighted by Crippen LogP contribution is 2.58. The van der Waals surface area contributed by atoms with Crippen molar-refractivity contribution in [2.24, 2.45) is 5.92 Å². The summed E-state index contributed by atoms with van der Waals surface area (Å²) in [6.45, 7) is 2.20. The average molecular weight is 492 g/mol. The Kier molecular flexibility index (Phi) is 3.70. The first-order valence-corrected chi connectivity index (χ1v) is 10.4. The number of rotatable bonds is 2. The molecule has 3 atom stereocenters. The summed E-state index contributed by atoms with van der Waals surface area (Å²) in [6, 6.07) is 5.61. The second-order valence-electron chi connectivity index (χ2n) is 7.52. The molecule has 3 heterocycles. The molecule has 2 aliphatic heterocycles. The molecule has 3 fully saturated rings. The Morgan fingerprint density at radius 2 is 2.08 bits per heavy atom.